The summed E-state index contributed by atoms with van der Waals surface area (Å²) in [5.74, 6) is -0.795. The molecule has 1 aliphatic rings. The smallest absolute Gasteiger partial charge is 0.314 e. The highest BCUT2D eigenvalue weighted by molar-refractivity contribution is 6.02. The quantitative estimate of drug-likeness (QED) is 0.689. The SMILES string of the molecule is O=C1C=Cc2ccccc2C1Cc1ccc(-c2nnc(C(F)F)o2)cc1. The van der Waals surface area contributed by atoms with E-state index in [1.54, 1.807) is 18.2 Å². The summed E-state index contributed by atoms with van der Waals surface area (Å²) in [5.41, 5.74) is 3.59. The van der Waals surface area contributed by atoms with Gasteiger partial charge < -0.3 is 4.42 Å². The van der Waals surface area contributed by atoms with Crippen LogP contribution < -0.4 is 0 Å². The fourth-order valence-corrected chi connectivity index (χ4v) is 3.09. The molecule has 130 valence electrons. The van der Waals surface area contributed by atoms with Crippen molar-refractivity contribution < 1.29 is 18.0 Å². The Bertz CT molecular complexity index is 977. The highest BCUT2D eigenvalue weighted by atomic mass is 19.3. The molecule has 0 saturated heterocycles. The average Bonchev–Trinajstić information content (AvgIpc) is 3.15. The zero-order chi connectivity index (χ0) is 18.1. The number of halogens is 2. The number of hydrogen-bond donors (Lipinski definition) is 0. The van der Waals surface area contributed by atoms with Gasteiger partial charge in [0.05, 0.1) is 5.92 Å². The summed E-state index contributed by atoms with van der Waals surface area (Å²) in [7, 11) is 0. The van der Waals surface area contributed by atoms with E-state index < -0.39 is 12.3 Å². The lowest BCUT2D eigenvalue weighted by molar-refractivity contribution is -0.116. The molecular weight excluding hydrogens is 338 g/mol. The van der Waals surface area contributed by atoms with Gasteiger partial charge in [0, 0.05) is 5.56 Å². The summed E-state index contributed by atoms with van der Waals surface area (Å²) >= 11 is 0. The zero-order valence-electron chi connectivity index (χ0n) is 13.6. The van der Waals surface area contributed by atoms with E-state index in [1.807, 2.05) is 42.5 Å². The molecule has 2 aromatic carbocycles. The molecule has 0 radical (unpaired) electrons. The molecule has 0 N–H and O–H groups in total. The molecule has 0 saturated carbocycles. The van der Waals surface area contributed by atoms with Crippen LogP contribution in [0.25, 0.3) is 17.5 Å². The molecule has 0 fully saturated rings. The molecule has 6 heteroatoms. The van der Waals surface area contributed by atoms with Gasteiger partial charge in [-0.2, -0.15) is 8.78 Å². The van der Waals surface area contributed by atoms with Gasteiger partial charge in [0.2, 0.25) is 5.89 Å². The predicted octanol–water partition coefficient (Wildman–Crippen LogP) is 4.60. The number of allylic oxidation sites excluding steroid dienone is 1. The van der Waals surface area contributed by atoms with Gasteiger partial charge in [-0.1, -0.05) is 42.5 Å². The molecule has 0 spiro atoms. The number of ketones is 1. The van der Waals surface area contributed by atoms with Gasteiger partial charge in [0.25, 0.3) is 5.89 Å². The highest BCUT2D eigenvalue weighted by Gasteiger charge is 2.24. The van der Waals surface area contributed by atoms with E-state index in [0.717, 1.165) is 16.7 Å². The van der Waals surface area contributed by atoms with E-state index in [1.165, 1.54) is 0 Å². The molecule has 4 rings (SSSR count). The largest absolute Gasteiger partial charge is 0.415 e. The van der Waals surface area contributed by atoms with Crippen LogP contribution in [0.4, 0.5) is 8.78 Å². The van der Waals surface area contributed by atoms with Crippen LogP contribution in [-0.2, 0) is 11.2 Å². The first-order valence-electron chi connectivity index (χ1n) is 8.13. The molecule has 0 amide bonds. The molecule has 0 bridgehead atoms. The zero-order valence-corrected chi connectivity index (χ0v) is 13.6. The van der Waals surface area contributed by atoms with Crippen molar-refractivity contribution in [3.63, 3.8) is 0 Å². The topological polar surface area (TPSA) is 56.0 Å². The normalized spacial score (nSPS) is 16.1. The first-order valence-corrected chi connectivity index (χ1v) is 8.13. The lowest BCUT2D eigenvalue weighted by Gasteiger charge is -2.20. The standard InChI is InChI=1S/C20H14F2N2O2/c21-18(22)20-24-23-19(26-20)14-7-5-12(6-8-14)11-16-15-4-2-1-3-13(15)9-10-17(16)25/h1-10,16,18H,11H2. The highest BCUT2D eigenvalue weighted by Crippen LogP contribution is 2.31. The maximum absolute atomic E-state index is 12.5. The number of aromatic nitrogens is 2. The number of carbonyl (C=O) groups is 1. The third-order valence-electron chi connectivity index (χ3n) is 4.41. The van der Waals surface area contributed by atoms with Crippen molar-refractivity contribution >= 4 is 11.9 Å². The van der Waals surface area contributed by atoms with E-state index in [0.29, 0.717) is 12.0 Å². The second-order valence-corrected chi connectivity index (χ2v) is 6.06. The van der Waals surface area contributed by atoms with Gasteiger partial charge in [0.1, 0.15) is 0 Å². The molecule has 1 atom stereocenters. The van der Waals surface area contributed by atoms with Crippen molar-refractivity contribution in [2.75, 3.05) is 0 Å². The number of rotatable bonds is 4. The lowest BCUT2D eigenvalue weighted by atomic mass is 9.82. The van der Waals surface area contributed by atoms with Crippen LogP contribution in [0.5, 0.6) is 0 Å². The monoisotopic (exact) mass is 352 g/mol. The van der Waals surface area contributed by atoms with Crippen molar-refractivity contribution in [1.29, 1.82) is 0 Å². The lowest BCUT2D eigenvalue weighted by Crippen LogP contribution is -2.17. The summed E-state index contributed by atoms with van der Waals surface area (Å²) in [5, 5.41) is 6.96. The molecule has 1 aliphatic carbocycles. The Labute approximate surface area is 148 Å². The van der Waals surface area contributed by atoms with Gasteiger partial charge >= 0.3 is 6.43 Å². The summed E-state index contributed by atoms with van der Waals surface area (Å²) in [6.45, 7) is 0. The molecule has 0 aliphatic heterocycles. The fraction of sp³-hybridized carbons (Fsp3) is 0.150. The predicted molar refractivity (Wildman–Crippen MR) is 91.6 cm³/mol. The minimum atomic E-state index is -2.79. The number of benzene rings is 2. The van der Waals surface area contributed by atoms with Crippen molar-refractivity contribution in [3.05, 3.63) is 77.2 Å². The molecule has 26 heavy (non-hydrogen) atoms. The molecule has 1 heterocycles. The van der Waals surface area contributed by atoms with Crippen LogP contribution in [-0.4, -0.2) is 16.0 Å². The van der Waals surface area contributed by atoms with Crippen LogP contribution in [0.3, 0.4) is 0 Å². The van der Waals surface area contributed by atoms with Crippen molar-refractivity contribution in [3.8, 4) is 11.5 Å². The van der Waals surface area contributed by atoms with E-state index in [-0.39, 0.29) is 17.6 Å². The van der Waals surface area contributed by atoms with Gasteiger partial charge in [-0.05, 0) is 41.3 Å². The Kier molecular flexibility index (Phi) is 4.16. The van der Waals surface area contributed by atoms with Crippen molar-refractivity contribution in [2.45, 2.75) is 18.8 Å². The first kappa shape index (κ1) is 16.3. The van der Waals surface area contributed by atoms with Gasteiger partial charge in [0.15, 0.2) is 5.78 Å². The Morgan fingerprint density at radius 2 is 1.77 bits per heavy atom. The van der Waals surface area contributed by atoms with Crippen LogP contribution in [0.1, 0.15) is 34.9 Å². The summed E-state index contributed by atoms with van der Waals surface area (Å²) in [6, 6.07) is 15.0. The number of nitrogens with zero attached hydrogens (tertiary/aromatic N) is 2. The molecular formula is C20H14F2N2O2. The number of hydrogen-bond acceptors (Lipinski definition) is 4. The van der Waals surface area contributed by atoms with E-state index in [4.69, 9.17) is 4.42 Å². The second kappa shape index (κ2) is 6.63. The first-order chi connectivity index (χ1) is 12.6. The van der Waals surface area contributed by atoms with Gasteiger partial charge in [-0.15, -0.1) is 10.2 Å². The van der Waals surface area contributed by atoms with Gasteiger partial charge in [-0.25, -0.2) is 0 Å². The number of alkyl halides is 2. The maximum Gasteiger partial charge on any atom is 0.314 e. The summed E-state index contributed by atoms with van der Waals surface area (Å²) in [4.78, 5) is 12.3. The van der Waals surface area contributed by atoms with Crippen LogP contribution in [0.15, 0.2) is 59.0 Å². The summed E-state index contributed by atoms with van der Waals surface area (Å²) in [6.07, 6.45) is 1.23. The third-order valence-corrected chi connectivity index (χ3v) is 4.41. The molecule has 1 aromatic heterocycles. The molecule has 3 aromatic rings. The third kappa shape index (κ3) is 3.06. The molecule has 4 nitrogen and oxygen atoms in total. The van der Waals surface area contributed by atoms with Crippen LogP contribution >= 0.6 is 0 Å². The fourth-order valence-electron chi connectivity index (χ4n) is 3.09. The van der Waals surface area contributed by atoms with E-state index in [9.17, 15) is 13.6 Å². The summed E-state index contributed by atoms with van der Waals surface area (Å²) < 4.78 is 30.0. The van der Waals surface area contributed by atoms with Crippen LogP contribution in [0.2, 0.25) is 0 Å². The Hall–Kier alpha value is -3.15. The Morgan fingerprint density at radius 1 is 1.00 bits per heavy atom. The Morgan fingerprint density at radius 3 is 2.50 bits per heavy atom. The van der Waals surface area contributed by atoms with Crippen molar-refractivity contribution in [1.82, 2.24) is 10.2 Å². The number of fused-ring (bicyclic) bond motifs is 1. The van der Waals surface area contributed by atoms with E-state index in [2.05, 4.69) is 10.2 Å². The van der Waals surface area contributed by atoms with Crippen LogP contribution in [0, 0.1) is 0 Å². The van der Waals surface area contributed by atoms with Crippen molar-refractivity contribution in [2.24, 2.45) is 0 Å². The van der Waals surface area contributed by atoms with E-state index >= 15 is 0 Å². The minimum absolute atomic E-state index is 0.0499. The average molecular weight is 352 g/mol. The van der Waals surface area contributed by atoms with Gasteiger partial charge in [-0.3, -0.25) is 4.79 Å². The maximum atomic E-state index is 12.5. The Balaban J connectivity index is 1.56. The molecule has 1 unspecified atom stereocenters. The second-order valence-electron chi connectivity index (χ2n) is 6.06. The number of carbonyl (C=O) groups excluding carboxylic acids is 1. The minimum Gasteiger partial charge on any atom is -0.415 e.